The molecule has 0 fully saturated rings. The maximum absolute atomic E-state index is 11.8. The molecule has 0 aliphatic carbocycles. The van der Waals surface area contributed by atoms with Crippen molar-refractivity contribution in [1.82, 2.24) is 5.32 Å². The number of carbonyl (C=O) groups excluding carboxylic acids is 1. The number of aromatic hydroxyl groups is 1. The molecule has 3 nitrogen and oxygen atoms in total. The summed E-state index contributed by atoms with van der Waals surface area (Å²) >= 11 is 2.19. The molecule has 2 rings (SSSR count). The van der Waals surface area contributed by atoms with Gasteiger partial charge in [-0.2, -0.15) is 0 Å². The summed E-state index contributed by atoms with van der Waals surface area (Å²) in [7, 11) is 0. The summed E-state index contributed by atoms with van der Waals surface area (Å²) in [6, 6.07) is 10.9. The Morgan fingerprint density at radius 2 is 2.00 bits per heavy atom. The molecular formula is C13H12INO2. The number of benzene rings is 2. The number of hydrogen-bond donors (Lipinski definition) is 2. The molecule has 2 aromatic carbocycles. The van der Waals surface area contributed by atoms with Crippen LogP contribution in [0, 0.1) is 0 Å². The normalized spacial score (nSPS) is 10.4. The Hall–Kier alpha value is -1.30. The van der Waals surface area contributed by atoms with Gasteiger partial charge in [-0.3, -0.25) is 4.79 Å². The third kappa shape index (κ3) is 2.52. The number of halogens is 1. The van der Waals surface area contributed by atoms with Crippen molar-refractivity contribution in [3.63, 3.8) is 0 Å². The molecule has 0 atom stereocenters. The van der Waals surface area contributed by atoms with Crippen LogP contribution in [0.25, 0.3) is 10.8 Å². The fraction of sp³-hybridized carbons (Fsp3) is 0.154. The van der Waals surface area contributed by atoms with Gasteiger partial charge in [-0.05, 0) is 11.5 Å². The lowest BCUT2D eigenvalue weighted by Crippen LogP contribution is -2.25. The largest absolute Gasteiger partial charge is 0.506 e. The van der Waals surface area contributed by atoms with Crippen LogP contribution < -0.4 is 5.32 Å². The highest BCUT2D eigenvalue weighted by Crippen LogP contribution is 2.28. The van der Waals surface area contributed by atoms with E-state index in [0.717, 1.165) is 9.81 Å². The molecule has 4 heteroatoms. The molecule has 0 heterocycles. The molecular weight excluding hydrogens is 329 g/mol. The van der Waals surface area contributed by atoms with Crippen molar-refractivity contribution in [2.24, 2.45) is 0 Å². The number of fused-ring (bicyclic) bond motifs is 1. The zero-order valence-electron chi connectivity index (χ0n) is 9.11. The van der Waals surface area contributed by atoms with Crippen LogP contribution in [-0.2, 0) is 0 Å². The molecule has 2 N–H and O–H groups in total. The van der Waals surface area contributed by atoms with Crippen LogP contribution in [0.4, 0.5) is 0 Å². The van der Waals surface area contributed by atoms with E-state index in [1.54, 1.807) is 12.1 Å². The number of phenols is 1. The van der Waals surface area contributed by atoms with Gasteiger partial charge in [-0.15, -0.1) is 0 Å². The van der Waals surface area contributed by atoms with Gasteiger partial charge in [0.15, 0.2) is 0 Å². The van der Waals surface area contributed by atoms with E-state index >= 15 is 0 Å². The van der Waals surface area contributed by atoms with Gasteiger partial charge in [-0.25, -0.2) is 0 Å². The van der Waals surface area contributed by atoms with E-state index in [1.807, 2.05) is 24.3 Å². The Balaban J connectivity index is 2.42. The topological polar surface area (TPSA) is 49.3 Å². The Labute approximate surface area is 113 Å². The van der Waals surface area contributed by atoms with Crippen LogP contribution in [0.1, 0.15) is 10.4 Å². The number of nitrogens with one attached hydrogen (secondary N) is 1. The van der Waals surface area contributed by atoms with E-state index in [9.17, 15) is 9.90 Å². The number of alkyl halides is 1. The molecule has 88 valence electrons. The van der Waals surface area contributed by atoms with E-state index in [4.69, 9.17) is 0 Å². The van der Waals surface area contributed by atoms with Crippen LogP contribution in [0.5, 0.6) is 5.75 Å². The molecule has 0 unspecified atom stereocenters. The fourth-order valence-electron chi connectivity index (χ4n) is 1.69. The highest BCUT2D eigenvalue weighted by molar-refractivity contribution is 14.1. The second-order valence-electron chi connectivity index (χ2n) is 3.63. The van der Waals surface area contributed by atoms with Crippen molar-refractivity contribution in [2.75, 3.05) is 11.0 Å². The first kappa shape index (κ1) is 12.2. The average molecular weight is 341 g/mol. The van der Waals surface area contributed by atoms with Crippen molar-refractivity contribution in [3.05, 3.63) is 42.0 Å². The second kappa shape index (κ2) is 5.35. The van der Waals surface area contributed by atoms with Crippen molar-refractivity contribution in [3.8, 4) is 5.75 Å². The SMILES string of the molecule is O=C(NCCI)c1ccc2ccccc2c1O. The maximum atomic E-state index is 11.8. The minimum atomic E-state index is -0.232. The quantitative estimate of drug-likeness (QED) is 0.666. The standard InChI is InChI=1S/C13H12INO2/c14-7-8-15-13(17)11-6-5-9-3-1-2-4-10(9)12(11)16/h1-6,16H,7-8H2,(H,15,17). The lowest BCUT2D eigenvalue weighted by atomic mass is 10.0. The molecule has 0 bridgehead atoms. The highest BCUT2D eigenvalue weighted by atomic mass is 127. The van der Waals surface area contributed by atoms with E-state index < -0.39 is 0 Å². The number of phenolic OH excluding ortho intramolecular Hbond substituents is 1. The van der Waals surface area contributed by atoms with Crippen LogP contribution >= 0.6 is 22.6 Å². The molecule has 0 saturated carbocycles. The Morgan fingerprint density at radius 1 is 1.24 bits per heavy atom. The predicted octanol–water partition coefficient (Wildman–Crippen LogP) is 2.71. The van der Waals surface area contributed by atoms with Gasteiger partial charge in [0.25, 0.3) is 5.91 Å². The first-order chi connectivity index (χ1) is 8.24. The molecule has 0 radical (unpaired) electrons. The molecule has 0 saturated heterocycles. The van der Waals surface area contributed by atoms with Gasteiger partial charge >= 0.3 is 0 Å². The summed E-state index contributed by atoms with van der Waals surface area (Å²) in [5.74, 6) is -0.182. The van der Waals surface area contributed by atoms with E-state index in [0.29, 0.717) is 17.5 Å². The smallest absolute Gasteiger partial charge is 0.255 e. The van der Waals surface area contributed by atoms with Gasteiger partial charge in [0, 0.05) is 16.4 Å². The fourth-order valence-corrected chi connectivity index (χ4v) is 1.96. The van der Waals surface area contributed by atoms with E-state index in [1.165, 1.54) is 0 Å². The highest BCUT2D eigenvalue weighted by Gasteiger charge is 2.12. The number of carbonyl (C=O) groups is 1. The third-order valence-corrected chi connectivity index (χ3v) is 3.06. The maximum Gasteiger partial charge on any atom is 0.255 e. The molecule has 0 aromatic heterocycles. The van der Waals surface area contributed by atoms with Gasteiger partial charge < -0.3 is 10.4 Å². The first-order valence-electron chi connectivity index (χ1n) is 5.29. The van der Waals surface area contributed by atoms with Gasteiger partial charge in [0.1, 0.15) is 5.75 Å². The van der Waals surface area contributed by atoms with Crippen molar-refractivity contribution in [2.45, 2.75) is 0 Å². The Kier molecular flexibility index (Phi) is 3.83. The Bertz CT molecular complexity index is 554. The monoisotopic (exact) mass is 341 g/mol. The van der Waals surface area contributed by atoms with Crippen LogP contribution in [-0.4, -0.2) is 22.0 Å². The van der Waals surface area contributed by atoms with Crippen molar-refractivity contribution < 1.29 is 9.90 Å². The molecule has 2 aromatic rings. The summed E-state index contributed by atoms with van der Waals surface area (Å²) in [6.45, 7) is 0.603. The molecule has 1 amide bonds. The van der Waals surface area contributed by atoms with Crippen LogP contribution in [0.2, 0.25) is 0 Å². The minimum absolute atomic E-state index is 0.0501. The molecule has 0 aliphatic heterocycles. The van der Waals surface area contributed by atoms with Crippen LogP contribution in [0.3, 0.4) is 0 Å². The van der Waals surface area contributed by atoms with Crippen LogP contribution in [0.15, 0.2) is 36.4 Å². The summed E-state index contributed by atoms with van der Waals surface area (Å²) in [4.78, 5) is 11.8. The lowest BCUT2D eigenvalue weighted by molar-refractivity contribution is 0.0954. The first-order valence-corrected chi connectivity index (χ1v) is 6.81. The number of amides is 1. The predicted molar refractivity (Wildman–Crippen MR) is 76.8 cm³/mol. The zero-order chi connectivity index (χ0) is 12.3. The summed E-state index contributed by atoms with van der Waals surface area (Å²) in [5.41, 5.74) is 0.327. The van der Waals surface area contributed by atoms with E-state index in [2.05, 4.69) is 27.9 Å². The Morgan fingerprint density at radius 3 is 2.76 bits per heavy atom. The minimum Gasteiger partial charge on any atom is -0.506 e. The lowest BCUT2D eigenvalue weighted by Gasteiger charge is -2.08. The van der Waals surface area contributed by atoms with Crippen molar-refractivity contribution in [1.29, 1.82) is 0 Å². The summed E-state index contributed by atoms with van der Waals surface area (Å²) in [6.07, 6.45) is 0. The average Bonchev–Trinajstić information content (AvgIpc) is 2.37. The summed E-state index contributed by atoms with van der Waals surface area (Å²) < 4.78 is 0.845. The van der Waals surface area contributed by atoms with Gasteiger partial charge in [0.2, 0.25) is 0 Å². The summed E-state index contributed by atoms with van der Waals surface area (Å²) in [5, 5.41) is 14.4. The number of hydrogen-bond acceptors (Lipinski definition) is 2. The zero-order valence-corrected chi connectivity index (χ0v) is 11.3. The molecule has 0 aliphatic rings. The molecule has 0 spiro atoms. The van der Waals surface area contributed by atoms with Gasteiger partial charge in [-0.1, -0.05) is 52.9 Å². The number of rotatable bonds is 3. The van der Waals surface area contributed by atoms with Crippen molar-refractivity contribution >= 4 is 39.3 Å². The second-order valence-corrected chi connectivity index (χ2v) is 4.71. The van der Waals surface area contributed by atoms with Gasteiger partial charge in [0.05, 0.1) is 5.56 Å². The van der Waals surface area contributed by atoms with E-state index in [-0.39, 0.29) is 11.7 Å². The third-order valence-electron chi connectivity index (χ3n) is 2.53. The molecule has 17 heavy (non-hydrogen) atoms.